The van der Waals surface area contributed by atoms with Crippen LogP contribution in [0.25, 0.3) is 0 Å². The molecule has 2 unspecified atom stereocenters. The smallest absolute Gasteiger partial charge is 0.126 e. The average Bonchev–Trinajstić information content (AvgIpc) is 2.92. The number of nitrogens with zero attached hydrogens (tertiary/aromatic N) is 2. The van der Waals surface area contributed by atoms with Crippen molar-refractivity contribution in [2.45, 2.75) is 32.5 Å². The maximum Gasteiger partial charge on any atom is 0.126 e. The summed E-state index contributed by atoms with van der Waals surface area (Å²) in [6.45, 7) is 4.56. The van der Waals surface area contributed by atoms with Crippen molar-refractivity contribution in [3.8, 4) is 0 Å². The summed E-state index contributed by atoms with van der Waals surface area (Å²) in [5, 5.41) is 17.2. The maximum absolute atomic E-state index is 13.5. The molecule has 1 aromatic carbocycles. The molecule has 0 bridgehead atoms. The van der Waals surface area contributed by atoms with Gasteiger partial charge in [-0.1, -0.05) is 12.1 Å². The van der Waals surface area contributed by atoms with Crippen LogP contribution in [-0.2, 0) is 6.54 Å². The van der Waals surface area contributed by atoms with Crippen molar-refractivity contribution in [3.63, 3.8) is 0 Å². The number of nitrogens with one attached hydrogen (secondary N) is 1. The Kier molecular flexibility index (Phi) is 4.87. The molecule has 20 heavy (non-hydrogen) atoms. The van der Waals surface area contributed by atoms with Gasteiger partial charge in [-0.05, 0) is 37.1 Å². The molecule has 4 nitrogen and oxygen atoms in total. The van der Waals surface area contributed by atoms with Crippen molar-refractivity contribution in [2.24, 2.45) is 0 Å². The fraction of sp³-hybridized carbons (Fsp3) is 0.400. The average molecular weight is 277 g/mol. The summed E-state index contributed by atoms with van der Waals surface area (Å²) in [5.74, 6) is -0.201. The van der Waals surface area contributed by atoms with E-state index in [1.165, 1.54) is 6.07 Å². The zero-order valence-corrected chi connectivity index (χ0v) is 11.8. The molecule has 2 rings (SSSR count). The van der Waals surface area contributed by atoms with Gasteiger partial charge in [0.25, 0.3) is 0 Å². The lowest BCUT2D eigenvalue weighted by molar-refractivity contribution is 0.143. The van der Waals surface area contributed by atoms with Crippen LogP contribution in [0, 0.1) is 12.7 Å². The van der Waals surface area contributed by atoms with Crippen LogP contribution in [-0.4, -0.2) is 27.5 Å². The van der Waals surface area contributed by atoms with E-state index in [0.29, 0.717) is 18.7 Å². The van der Waals surface area contributed by atoms with E-state index >= 15 is 0 Å². The molecule has 0 fully saturated rings. The highest BCUT2D eigenvalue weighted by Crippen LogP contribution is 2.16. The van der Waals surface area contributed by atoms with Gasteiger partial charge in [0.2, 0.25) is 0 Å². The molecule has 0 saturated heterocycles. The predicted octanol–water partition coefficient (Wildman–Crippen LogP) is 2.04. The van der Waals surface area contributed by atoms with Gasteiger partial charge in [0.1, 0.15) is 5.82 Å². The van der Waals surface area contributed by atoms with Gasteiger partial charge in [-0.3, -0.25) is 4.68 Å². The first-order valence-corrected chi connectivity index (χ1v) is 6.71. The monoisotopic (exact) mass is 277 g/mol. The number of aromatic nitrogens is 2. The number of benzene rings is 1. The van der Waals surface area contributed by atoms with Gasteiger partial charge in [0, 0.05) is 25.0 Å². The number of aliphatic hydroxyl groups excluding tert-OH is 1. The zero-order valence-electron chi connectivity index (χ0n) is 11.8. The molecule has 0 radical (unpaired) electrons. The number of aryl methyl sites for hydroxylation is 1. The number of halogens is 1. The summed E-state index contributed by atoms with van der Waals surface area (Å²) >= 11 is 0. The van der Waals surface area contributed by atoms with Crippen molar-refractivity contribution in [3.05, 3.63) is 53.6 Å². The molecule has 0 saturated carbocycles. The van der Waals surface area contributed by atoms with Crippen LogP contribution in [0.2, 0.25) is 0 Å². The molecule has 108 valence electrons. The van der Waals surface area contributed by atoms with Gasteiger partial charge in [-0.15, -0.1) is 0 Å². The highest BCUT2D eigenvalue weighted by molar-refractivity contribution is 5.25. The van der Waals surface area contributed by atoms with Crippen molar-refractivity contribution in [1.82, 2.24) is 15.1 Å². The first kappa shape index (κ1) is 14.7. The molecule has 0 aliphatic carbocycles. The normalized spacial score (nSPS) is 14.2. The molecule has 5 heteroatoms. The third-order valence-electron chi connectivity index (χ3n) is 3.31. The minimum absolute atomic E-state index is 0.0163. The SMILES string of the molecule is Cc1ccc(C(C)NCC(O)Cn2cccn2)cc1F. The molecule has 1 heterocycles. The standard InChI is InChI=1S/C15H20FN3O/c1-11-4-5-13(8-15(11)16)12(2)17-9-14(20)10-19-7-3-6-18-19/h3-8,12,14,17,20H,9-10H2,1-2H3. The number of hydrogen-bond donors (Lipinski definition) is 2. The van der Waals surface area contributed by atoms with Crippen molar-refractivity contribution in [1.29, 1.82) is 0 Å². The first-order chi connectivity index (χ1) is 9.56. The molecule has 0 aliphatic rings. The highest BCUT2D eigenvalue weighted by atomic mass is 19.1. The molecule has 2 N–H and O–H groups in total. The van der Waals surface area contributed by atoms with Crippen LogP contribution in [0.5, 0.6) is 0 Å². The Morgan fingerprint density at radius 1 is 1.45 bits per heavy atom. The van der Waals surface area contributed by atoms with Gasteiger partial charge in [-0.25, -0.2) is 4.39 Å². The second kappa shape index (κ2) is 6.63. The van der Waals surface area contributed by atoms with Crippen LogP contribution in [0.1, 0.15) is 24.1 Å². The van der Waals surface area contributed by atoms with E-state index < -0.39 is 6.10 Å². The molecule has 0 aliphatic heterocycles. The van der Waals surface area contributed by atoms with E-state index in [2.05, 4.69) is 10.4 Å². The predicted molar refractivity (Wildman–Crippen MR) is 75.8 cm³/mol. The maximum atomic E-state index is 13.5. The largest absolute Gasteiger partial charge is 0.390 e. The second-order valence-corrected chi connectivity index (χ2v) is 5.02. The summed E-state index contributed by atoms with van der Waals surface area (Å²) < 4.78 is 15.2. The summed E-state index contributed by atoms with van der Waals surface area (Å²) in [7, 11) is 0. The fourth-order valence-electron chi connectivity index (χ4n) is 2.00. The van der Waals surface area contributed by atoms with Crippen LogP contribution >= 0.6 is 0 Å². The van der Waals surface area contributed by atoms with E-state index in [1.807, 2.05) is 25.3 Å². The number of aliphatic hydroxyl groups is 1. The lowest BCUT2D eigenvalue weighted by Gasteiger charge is -2.18. The third-order valence-corrected chi connectivity index (χ3v) is 3.31. The third kappa shape index (κ3) is 3.88. The van der Waals surface area contributed by atoms with Crippen LogP contribution in [0.15, 0.2) is 36.7 Å². The topological polar surface area (TPSA) is 50.1 Å². The lowest BCUT2D eigenvalue weighted by atomic mass is 10.1. The van der Waals surface area contributed by atoms with Crippen molar-refractivity contribution < 1.29 is 9.50 Å². The summed E-state index contributed by atoms with van der Waals surface area (Å²) in [4.78, 5) is 0. The Morgan fingerprint density at radius 2 is 2.25 bits per heavy atom. The van der Waals surface area contributed by atoms with Crippen LogP contribution in [0.3, 0.4) is 0 Å². The van der Waals surface area contributed by atoms with Gasteiger partial charge in [-0.2, -0.15) is 5.10 Å². The fourth-order valence-corrected chi connectivity index (χ4v) is 2.00. The van der Waals surface area contributed by atoms with Gasteiger partial charge < -0.3 is 10.4 Å². The molecular formula is C15H20FN3O. The minimum atomic E-state index is -0.535. The zero-order chi connectivity index (χ0) is 14.5. The van der Waals surface area contributed by atoms with Crippen molar-refractivity contribution in [2.75, 3.05) is 6.54 Å². The quantitative estimate of drug-likeness (QED) is 0.849. The van der Waals surface area contributed by atoms with Crippen LogP contribution in [0.4, 0.5) is 4.39 Å². The molecule has 2 atom stereocenters. The Labute approximate surface area is 118 Å². The molecule has 0 spiro atoms. The van der Waals surface area contributed by atoms with E-state index in [-0.39, 0.29) is 11.9 Å². The lowest BCUT2D eigenvalue weighted by Crippen LogP contribution is -2.32. The number of hydrogen-bond acceptors (Lipinski definition) is 3. The van der Waals surface area contributed by atoms with E-state index in [9.17, 15) is 9.50 Å². The Hall–Kier alpha value is -1.72. The van der Waals surface area contributed by atoms with Gasteiger partial charge >= 0.3 is 0 Å². The Bertz CT molecular complexity index is 542. The van der Waals surface area contributed by atoms with Crippen LogP contribution < -0.4 is 5.32 Å². The summed E-state index contributed by atoms with van der Waals surface area (Å²) in [6.07, 6.45) is 2.95. The van der Waals surface area contributed by atoms with Gasteiger partial charge in [0.15, 0.2) is 0 Å². The minimum Gasteiger partial charge on any atom is -0.390 e. The molecule has 2 aromatic rings. The van der Waals surface area contributed by atoms with E-state index in [1.54, 1.807) is 23.9 Å². The Morgan fingerprint density at radius 3 is 2.90 bits per heavy atom. The summed E-state index contributed by atoms with van der Waals surface area (Å²) in [5.41, 5.74) is 1.51. The van der Waals surface area contributed by atoms with E-state index in [0.717, 1.165) is 5.56 Å². The highest BCUT2D eigenvalue weighted by Gasteiger charge is 2.10. The van der Waals surface area contributed by atoms with E-state index in [4.69, 9.17) is 0 Å². The molecule has 1 aromatic heterocycles. The van der Waals surface area contributed by atoms with Gasteiger partial charge in [0.05, 0.1) is 12.6 Å². The molecule has 0 amide bonds. The molecular weight excluding hydrogens is 257 g/mol. The number of rotatable bonds is 6. The first-order valence-electron chi connectivity index (χ1n) is 6.71. The van der Waals surface area contributed by atoms with Crippen molar-refractivity contribution >= 4 is 0 Å². The summed E-state index contributed by atoms with van der Waals surface area (Å²) in [6, 6.07) is 7.00. The Balaban J connectivity index is 1.85. The second-order valence-electron chi connectivity index (χ2n) is 5.02.